The van der Waals surface area contributed by atoms with Gasteiger partial charge in [-0.25, -0.2) is 0 Å². The van der Waals surface area contributed by atoms with Crippen molar-refractivity contribution in [1.29, 1.82) is 0 Å². The van der Waals surface area contributed by atoms with Gasteiger partial charge in [0.15, 0.2) is 0 Å². The molecule has 1 fully saturated rings. The second kappa shape index (κ2) is 7.02. The zero-order chi connectivity index (χ0) is 16.2. The van der Waals surface area contributed by atoms with Crippen molar-refractivity contribution >= 4 is 23.2 Å². The maximum Gasteiger partial charge on any atom is 0.227 e. The van der Waals surface area contributed by atoms with Crippen molar-refractivity contribution in [1.82, 2.24) is 10.2 Å². The molecule has 4 nitrogen and oxygen atoms in total. The van der Waals surface area contributed by atoms with Crippen LogP contribution in [0, 0.1) is 0 Å². The molecule has 2 aromatic carbocycles. The predicted molar refractivity (Wildman–Crippen MR) is 93.3 cm³/mol. The third-order valence-electron chi connectivity index (χ3n) is 4.16. The van der Waals surface area contributed by atoms with Gasteiger partial charge in [-0.3, -0.25) is 4.79 Å². The number of amides is 1. The number of piperazine rings is 1. The first-order valence-corrected chi connectivity index (χ1v) is 8.12. The Labute approximate surface area is 141 Å². The standard InChI is InChI=1S/C18H20ClN3O/c19-16-4-2-1-3-15(16)17-12-21-9-10-22(17)18(23)11-13-5-7-14(20)8-6-13/h1-8,17,21H,9-12,20H2. The first-order chi connectivity index (χ1) is 11.1. The number of hydrogen-bond acceptors (Lipinski definition) is 3. The van der Waals surface area contributed by atoms with E-state index in [1.54, 1.807) is 0 Å². The van der Waals surface area contributed by atoms with E-state index in [0.29, 0.717) is 23.7 Å². The zero-order valence-corrected chi connectivity index (χ0v) is 13.6. The molecule has 0 aliphatic carbocycles. The highest BCUT2D eigenvalue weighted by Crippen LogP contribution is 2.29. The third kappa shape index (κ3) is 3.66. The fourth-order valence-electron chi connectivity index (χ4n) is 2.94. The van der Waals surface area contributed by atoms with Crippen molar-refractivity contribution in [2.45, 2.75) is 12.5 Å². The van der Waals surface area contributed by atoms with Crippen molar-refractivity contribution in [3.8, 4) is 0 Å². The Morgan fingerprint density at radius 1 is 1.22 bits per heavy atom. The van der Waals surface area contributed by atoms with Gasteiger partial charge >= 0.3 is 0 Å². The summed E-state index contributed by atoms with van der Waals surface area (Å²) < 4.78 is 0. The van der Waals surface area contributed by atoms with Gasteiger partial charge in [0.2, 0.25) is 5.91 Å². The lowest BCUT2D eigenvalue weighted by Crippen LogP contribution is -2.49. The molecule has 1 heterocycles. The molecule has 0 aromatic heterocycles. The number of rotatable bonds is 3. The number of hydrogen-bond donors (Lipinski definition) is 2. The van der Waals surface area contributed by atoms with Crippen LogP contribution in [0.2, 0.25) is 5.02 Å². The Morgan fingerprint density at radius 3 is 2.70 bits per heavy atom. The molecule has 1 aliphatic heterocycles. The summed E-state index contributed by atoms with van der Waals surface area (Å²) in [5, 5.41) is 4.05. The Bertz CT molecular complexity index is 687. The topological polar surface area (TPSA) is 58.4 Å². The Kier molecular flexibility index (Phi) is 4.84. The van der Waals surface area contributed by atoms with Crippen LogP contribution in [0.15, 0.2) is 48.5 Å². The van der Waals surface area contributed by atoms with Gasteiger partial charge in [0.1, 0.15) is 0 Å². The lowest BCUT2D eigenvalue weighted by molar-refractivity contribution is -0.133. The van der Waals surface area contributed by atoms with E-state index in [2.05, 4.69) is 5.32 Å². The normalized spacial score (nSPS) is 18.0. The van der Waals surface area contributed by atoms with E-state index in [0.717, 1.165) is 24.2 Å². The molecule has 2 aromatic rings. The van der Waals surface area contributed by atoms with E-state index in [4.69, 9.17) is 17.3 Å². The number of nitrogen functional groups attached to an aromatic ring is 1. The van der Waals surface area contributed by atoms with Gasteiger partial charge in [-0.15, -0.1) is 0 Å². The number of nitrogens with one attached hydrogen (secondary N) is 1. The number of anilines is 1. The van der Waals surface area contributed by atoms with E-state index in [1.807, 2.05) is 53.4 Å². The predicted octanol–water partition coefficient (Wildman–Crippen LogP) is 2.64. The monoisotopic (exact) mass is 329 g/mol. The molecule has 1 amide bonds. The number of halogens is 1. The zero-order valence-electron chi connectivity index (χ0n) is 12.8. The number of carbonyl (C=O) groups excluding carboxylic acids is 1. The summed E-state index contributed by atoms with van der Waals surface area (Å²) in [6, 6.07) is 15.1. The molecule has 5 heteroatoms. The van der Waals surface area contributed by atoms with Crippen molar-refractivity contribution in [3.63, 3.8) is 0 Å². The van der Waals surface area contributed by atoms with Crippen LogP contribution in [0.5, 0.6) is 0 Å². The maximum absolute atomic E-state index is 12.8. The summed E-state index contributed by atoms with van der Waals surface area (Å²) >= 11 is 6.33. The highest BCUT2D eigenvalue weighted by molar-refractivity contribution is 6.31. The van der Waals surface area contributed by atoms with Crippen molar-refractivity contribution in [3.05, 3.63) is 64.7 Å². The van der Waals surface area contributed by atoms with E-state index in [9.17, 15) is 4.79 Å². The molecule has 120 valence electrons. The molecule has 0 radical (unpaired) electrons. The van der Waals surface area contributed by atoms with Gasteiger partial charge in [0.05, 0.1) is 12.5 Å². The van der Waals surface area contributed by atoms with Gasteiger partial charge in [-0.05, 0) is 29.3 Å². The minimum Gasteiger partial charge on any atom is -0.399 e. The number of nitrogens with zero attached hydrogens (tertiary/aromatic N) is 1. The summed E-state index contributed by atoms with van der Waals surface area (Å²) in [6.07, 6.45) is 0.376. The van der Waals surface area contributed by atoms with Gasteiger partial charge in [0, 0.05) is 30.3 Å². The molecular weight excluding hydrogens is 310 g/mol. The molecule has 1 unspecified atom stereocenters. The van der Waals surface area contributed by atoms with E-state index < -0.39 is 0 Å². The third-order valence-corrected chi connectivity index (χ3v) is 4.51. The Hall–Kier alpha value is -2.04. The van der Waals surface area contributed by atoms with Crippen LogP contribution in [-0.4, -0.2) is 30.4 Å². The molecule has 1 aliphatic rings. The van der Waals surface area contributed by atoms with E-state index >= 15 is 0 Å². The maximum atomic E-state index is 12.8. The Balaban J connectivity index is 1.79. The number of benzene rings is 2. The van der Waals surface area contributed by atoms with Crippen molar-refractivity contribution < 1.29 is 4.79 Å². The van der Waals surface area contributed by atoms with Crippen LogP contribution in [0.25, 0.3) is 0 Å². The Morgan fingerprint density at radius 2 is 1.96 bits per heavy atom. The molecule has 23 heavy (non-hydrogen) atoms. The van der Waals surface area contributed by atoms with Crippen LogP contribution in [0.1, 0.15) is 17.2 Å². The molecule has 3 N–H and O–H groups in total. The summed E-state index contributed by atoms with van der Waals surface area (Å²) in [5.41, 5.74) is 8.37. The molecular formula is C18H20ClN3O. The van der Waals surface area contributed by atoms with Gasteiger partial charge in [-0.2, -0.15) is 0 Å². The van der Waals surface area contributed by atoms with E-state index in [1.165, 1.54) is 0 Å². The smallest absolute Gasteiger partial charge is 0.227 e. The van der Waals surface area contributed by atoms with Crippen LogP contribution in [0.3, 0.4) is 0 Å². The minimum atomic E-state index is -0.0290. The van der Waals surface area contributed by atoms with Crippen LogP contribution < -0.4 is 11.1 Å². The fourth-order valence-corrected chi connectivity index (χ4v) is 3.20. The SMILES string of the molecule is Nc1ccc(CC(=O)N2CCNCC2c2ccccc2Cl)cc1. The quantitative estimate of drug-likeness (QED) is 0.851. The summed E-state index contributed by atoms with van der Waals surface area (Å²) in [6.45, 7) is 2.20. The lowest BCUT2D eigenvalue weighted by atomic mass is 10.0. The molecule has 3 rings (SSSR count). The van der Waals surface area contributed by atoms with E-state index in [-0.39, 0.29) is 11.9 Å². The second-order valence-corrected chi connectivity index (χ2v) is 6.15. The fraction of sp³-hybridized carbons (Fsp3) is 0.278. The second-order valence-electron chi connectivity index (χ2n) is 5.75. The summed E-state index contributed by atoms with van der Waals surface area (Å²) in [5.74, 6) is 0.112. The number of nitrogens with two attached hydrogens (primary N) is 1. The minimum absolute atomic E-state index is 0.0290. The average Bonchev–Trinajstić information content (AvgIpc) is 2.57. The number of carbonyl (C=O) groups is 1. The van der Waals surface area contributed by atoms with Crippen LogP contribution >= 0.6 is 11.6 Å². The van der Waals surface area contributed by atoms with Crippen LogP contribution in [-0.2, 0) is 11.2 Å². The highest BCUT2D eigenvalue weighted by Gasteiger charge is 2.28. The van der Waals surface area contributed by atoms with Crippen molar-refractivity contribution in [2.24, 2.45) is 0 Å². The highest BCUT2D eigenvalue weighted by atomic mass is 35.5. The van der Waals surface area contributed by atoms with Crippen molar-refractivity contribution in [2.75, 3.05) is 25.4 Å². The van der Waals surface area contributed by atoms with Gasteiger partial charge < -0.3 is 16.0 Å². The molecule has 0 spiro atoms. The lowest BCUT2D eigenvalue weighted by Gasteiger charge is -2.37. The molecule has 1 atom stereocenters. The molecule has 1 saturated heterocycles. The molecule has 0 bridgehead atoms. The first kappa shape index (κ1) is 15.8. The average molecular weight is 330 g/mol. The molecule has 0 saturated carbocycles. The van der Waals surface area contributed by atoms with Crippen LogP contribution in [0.4, 0.5) is 5.69 Å². The first-order valence-electron chi connectivity index (χ1n) is 7.74. The summed E-state index contributed by atoms with van der Waals surface area (Å²) in [4.78, 5) is 14.7. The summed E-state index contributed by atoms with van der Waals surface area (Å²) in [7, 11) is 0. The van der Waals surface area contributed by atoms with Gasteiger partial charge in [0.25, 0.3) is 0 Å². The van der Waals surface area contributed by atoms with Gasteiger partial charge in [-0.1, -0.05) is 41.9 Å². The largest absolute Gasteiger partial charge is 0.399 e.